The van der Waals surface area contributed by atoms with E-state index >= 15 is 0 Å². The lowest BCUT2D eigenvalue weighted by molar-refractivity contribution is -0.152. The molecule has 0 aliphatic carbocycles. The summed E-state index contributed by atoms with van der Waals surface area (Å²) in [7, 11) is 1.53. The number of rotatable bonds is 7. The van der Waals surface area contributed by atoms with E-state index in [2.05, 4.69) is 31.4 Å². The number of benzene rings is 2. The average Bonchev–Trinajstić information content (AvgIpc) is 2.71. The highest BCUT2D eigenvalue weighted by Crippen LogP contribution is 2.23. The lowest BCUT2D eigenvalue weighted by Gasteiger charge is -2.19. The third-order valence-corrected chi connectivity index (χ3v) is 4.44. The zero-order valence-corrected chi connectivity index (χ0v) is 17.9. The van der Waals surface area contributed by atoms with Gasteiger partial charge in [-0.05, 0) is 54.3 Å². The van der Waals surface area contributed by atoms with E-state index in [-0.39, 0.29) is 12.0 Å². The lowest BCUT2D eigenvalue weighted by Crippen LogP contribution is -2.35. The Hall–Kier alpha value is -3.35. The maximum absolute atomic E-state index is 12.3. The van der Waals surface area contributed by atoms with Crippen molar-refractivity contribution in [2.45, 2.75) is 39.2 Å². The molecule has 1 unspecified atom stereocenters. The summed E-state index contributed by atoms with van der Waals surface area (Å²) in [6.45, 7) is 7.45. The smallest absolute Gasteiger partial charge is 0.326 e. The van der Waals surface area contributed by atoms with Gasteiger partial charge >= 0.3 is 5.97 Å². The van der Waals surface area contributed by atoms with Gasteiger partial charge in [0.15, 0.2) is 6.10 Å². The Bertz CT molecular complexity index is 883. The van der Waals surface area contributed by atoms with Crippen LogP contribution in [0.3, 0.4) is 0 Å². The number of hydrogen-bond acceptors (Lipinski definition) is 5. The van der Waals surface area contributed by atoms with Gasteiger partial charge < -0.3 is 20.1 Å². The van der Waals surface area contributed by atoms with Crippen molar-refractivity contribution in [1.82, 2.24) is 5.32 Å². The molecule has 0 aliphatic heterocycles. The van der Waals surface area contributed by atoms with E-state index < -0.39 is 23.9 Å². The molecule has 7 heteroatoms. The highest BCUT2D eigenvalue weighted by molar-refractivity contribution is 5.97. The Morgan fingerprint density at radius 2 is 1.57 bits per heavy atom. The van der Waals surface area contributed by atoms with Crippen LogP contribution in [0.25, 0.3) is 0 Å². The molecule has 2 N–H and O–H groups in total. The van der Waals surface area contributed by atoms with Crippen molar-refractivity contribution in [1.29, 1.82) is 0 Å². The van der Waals surface area contributed by atoms with Gasteiger partial charge in [0.1, 0.15) is 12.3 Å². The summed E-state index contributed by atoms with van der Waals surface area (Å²) >= 11 is 0. The minimum Gasteiger partial charge on any atom is -0.497 e. The van der Waals surface area contributed by atoms with E-state index in [0.29, 0.717) is 17.0 Å². The molecule has 0 aromatic heterocycles. The quantitative estimate of drug-likeness (QED) is 0.681. The van der Waals surface area contributed by atoms with Gasteiger partial charge in [0, 0.05) is 11.3 Å². The first-order chi connectivity index (χ1) is 14.1. The number of methoxy groups -OCH3 is 1. The lowest BCUT2D eigenvalue weighted by atomic mass is 9.87. The molecule has 2 rings (SSSR count). The fraction of sp³-hybridized carbons (Fsp3) is 0.348. The van der Waals surface area contributed by atoms with Crippen LogP contribution in [0.15, 0.2) is 48.5 Å². The molecular formula is C23H28N2O5. The molecule has 0 saturated carbocycles. The first kappa shape index (κ1) is 22.9. The van der Waals surface area contributed by atoms with Gasteiger partial charge in [-0.3, -0.25) is 14.4 Å². The number of anilines is 1. The molecule has 160 valence electrons. The molecule has 0 saturated heterocycles. The van der Waals surface area contributed by atoms with Gasteiger partial charge in [-0.1, -0.05) is 32.9 Å². The van der Waals surface area contributed by atoms with Crippen molar-refractivity contribution < 1.29 is 23.9 Å². The van der Waals surface area contributed by atoms with E-state index in [1.807, 2.05) is 24.3 Å². The van der Waals surface area contributed by atoms with Gasteiger partial charge in [-0.25, -0.2) is 0 Å². The number of amides is 2. The second kappa shape index (κ2) is 9.91. The van der Waals surface area contributed by atoms with Crippen molar-refractivity contribution in [3.63, 3.8) is 0 Å². The summed E-state index contributed by atoms with van der Waals surface area (Å²) in [6.07, 6.45) is -1.00. The van der Waals surface area contributed by atoms with Crippen LogP contribution in [0.5, 0.6) is 5.75 Å². The molecule has 0 fully saturated rings. The molecule has 0 heterocycles. The molecule has 7 nitrogen and oxygen atoms in total. The van der Waals surface area contributed by atoms with Crippen molar-refractivity contribution in [2.75, 3.05) is 19.0 Å². The second-order valence-electron chi connectivity index (χ2n) is 7.86. The van der Waals surface area contributed by atoms with Crippen LogP contribution in [-0.2, 0) is 19.7 Å². The molecule has 2 amide bonds. The van der Waals surface area contributed by atoms with Gasteiger partial charge in [0.05, 0.1) is 7.11 Å². The Kier molecular flexibility index (Phi) is 7.58. The Morgan fingerprint density at radius 1 is 0.967 bits per heavy atom. The highest BCUT2D eigenvalue weighted by atomic mass is 16.5. The zero-order valence-electron chi connectivity index (χ0n) is 17.9. The number of nitrogens with one attached hydrogen (secondary N) is 2. The van der Waals surface area contributed by atoms with Crippen LogP contribution in [0.2, 0.25) is 0 Å². The summed E-state index contributed by atoms with van der Waals surface area (Å²) < 4.78 is 10.1. The first-order valence-electron chi connectivity index (χ1n) is 9.63. The van der Waals surface area contributed by atoms with E-state index in [1.54, 1.807) is 24.3 Å². The van der Waals surface area contributed by atoms with Crippen molar-refractivity contribution >= 4 is 23.5 Å². The molecule has 1 atom stereocenters. The van der Waals surface area contributed by atoms with Gasteiger partial charge in [-0.15, -0.1) is 0 Å². The molecule has 2 aromatic carbocycles. The van der Waals surface area contributed by atoms with Crippen molar-refractivity contribution in [3.8, 4) is 5.75 Å². The Morgan fingerprint density at radius 3 is 2.10 bits per heavy atom. The molecule has 2 aromatic rings. The molecular weight excluding hydrogens is 384 g/mol. The number of esters is 1. The van der Waals surface area contributed by atoms with Crippen LogP contribution in [0.4, 0.5) is 5.69 Å². The van der Waals surface area contributed by atoms with Crippen LogP contribution < -0.4 is 15.4 Å². The standard InChI is InChI=1S/C23H28N2O5/c1-15(21(27)25-18-10-8-17(9-11-18)23(2,3)4)30-20(26)14-24-22(28)16-6-12-19(29-5)13-7-16/h6-13,15H,14H2,1-5H3,(H,24,28)(H,25,27). The summed E-state index contributed by atoms with van der Waals surface area (Å²) in [5.41, 5.74) is 2.16. The van der Waals surface area contributed by atoms with Gasteiger partial charge in [0.2, 0.25) is 0 Å². The molecule has 0 radical (unpaired) electrons. The van der Waals surface area contributed by atoms with Crippen LogP contribution in [-0.4, -0.2) is 37.5 Å². The number of ether oxygens (including phenoxy) is 2. The maximum atomic E-state index is 12.3. The van der Waals surface area contributed by atoms with Gasteiger partial charge in [0.25, 0.3) is 11.8 Å². The third kappa shape index (κ3) is 6.62. The van der Waals surface area contributed by atoms with E-state index in [4.69, 9.17) is 9.47 Å². The summed E-state index contributed by atoms with van der Waals surface area (Å²) in [5, 5.41) is 5.18. The van der Waals surface area contributed by atoms with Crippen LogP contribution in [0.1, 0.15) is 43.6 Å². The normalized spacial score (nSPS) is 11.9. The number of carbonyl (C=O) groups excluding carboxylic acids is 3. The predicted molar refractivity (Wildman–Crippen MR) is 115 cm³/mol. The highest BCUT2D eigenvalue weighted by Gasteiger charge is 2.19. The van der Waals surface area contributed by atoms with E-state index in [9.17, 15) is 14.4 Å². The number of hydrogen-bond donors (Lipinski definition) is 2. The largest absolute Gasteiger partial charge is 0.497 e. The second-order valence-corrected chi connectivity index (χ2v) is 7.86. The minimum atomic E-state index is -1.00. The molecule has 0 bridgehead atoms. The fourth-order valence-electron chi connectivity index (χ4n) is 2.59. The first-order valence-corrected chi connectivity index (χ1v) is 9.63. The van der Waals surface area contributed by atoms with Crippen LogP contribution in [0, 0.1) is 0 Å². The maximum Gasteiger partial charge on any atom is 0.326 e. The minimum absolute atomic E-state index is 0.0155. The van der Waals surface area contributed by atoms with Crippen LogP contribution >= 0.6 is 0 Å². The topological polar surface area (TPSA) is 93.7 Å². The Labute approximate surface area is 176 Å². The molecule has 0 aliphatic rings. The van der Waals surface area contributed by atoms with E-state index in [0.717, 1.165) is 5.56 Å². The molecule has 0 spiro atoms. The summed E-state index contributed by atoms with van der Waals surface area (Å²) in [6, 6.07) is 14.0. The molecule has 30 heavy (non-hydrogen) atoms. The van der Waals surface area contributed by atoms with Crippen molar-refractivity contribution in [2.24, 2.45) is 0 Å². The number of carbonyl (C=O) groups is 3. The monoisotopic (exact) mass is 412 g/mol. The predicted octanol–water partition coefficient (Wildman–Crippen LogP) is 3.29. The third-order valence-electron chi connectivity index (χ3n) is 4.44. The SMILES string of the molecule is COc1ccc(C(=O)NCC(=O)OC(C)C(=O)Nc2ccc(C(C)(C)C)cc2)cc1. The fourth-order valence-corrected chi connectivity index (χ4v) is 2.59. The zero-order chi connectivity index (χ0) is 22.3. The summed E-state index contributed by atoms with van der Waals surface area (Å²) in [4.78, 5) is 36.3. The summed E-state index contributed by atoms with van der Waals surface area (Å²) in [5.74, 6) is -0.958. The van der Waals surface area contributed by atoms with Gasteiger partial charge in [-0.2, -0.15) is 0 Å². The van der Waals surface area contributed by atoms with Crippen molar-refractivity contribution in [3.05, 3.63) is 59.7 Å². The van der Waals surface area contributed by atoms with E-state index in [1.165, 1.54) is 14.0 Å². The average molecular weight is 412 g/mol. The Balaban J connectivity index is 1.81.